The molecule has 2 heterocycles. The number of hydrogen-bond donors (Lipinski definition) is 4. The molecule has 0 bridgehead atoms. The molecule has 2 aromatic rings. The lowest BCUT2D eigenvalue weighted by Gasteiger charge is -2.32. The highest BCUT2D eigenvalue weighted by atomic mass is 16.5. The maximum atomic E-state index is 13.4. The third-order valence-electron chi connectivity index (χ3n) is 6.30. The monoisotopic (exact) mass is 441 g/mol. The second-order valence-corrected chi connectivity index (χ2v) is 8.37. The van der Waals surface area contributed by atoms with Crippen molar-refractivity contribution in [2.45, 2.75) is 38.4 Å². The first-order valence-electron chi connectivity index (χ1n) is 11.0. The molecule has 172 valence electrons. The van der Waals surface area contributed by atoms with E-state index in [1.54, 1.807) is 19.2 Å². The Balaban J connectivity index is 1.77. The molecule has 0 radical (unpaired) electrons. The molecule has 2 fully saturated rings. The minimum Gasteiger partial charge on any atom is -0.508 e. The molecule has 8 heteroatoms. The Hall–Kier alpha value is -2.81. The van der Waals surface area contributed by atoms with Gasteiger partial charge in [-0.05, 0) is 44.0 Å². The van der Waals surface area contributed by atoms with E-state index in [-0.39, 0.29) is 35.4 Å². The number of nitrogens with zero attached hydrogens (tertiary/aromatic N) is 1. The highest BCUT2D eigenvalue weighted by Crippen LogP contribution is 2.49. The van der Waals surface area contributed by atoms with Gasteiger partial charge in [0, 0.05) is 31.7 Å². The lowest BCUT2D eigenvalue weighted by atomic mass is 9.82. The number of amides is 1. The third kappa shape index (κ3) is 4.01. The Bertz CT molecular complexity index is 982. The first-order valence-corrected chi connectivity index (χ1v) is 11.0. The number of benzene rings is 2. The highest BCUT2D eigenvalue weighted by molar-refractivity contribution is 5.86. The number of aryl methyl sites for hydroxylation is 1. The van der Waals surface area contributed by atoms with E-state index in [1.807, 2.05) is 43.0 Å². The summed E-state index contributed by atoms with van der Waals surface area (Å²) < 4.78 is 10.8. The van der Waals surface area contributed by atoms with Crippen LogP contribution >= 0.6 is 0 Å². The largest absolute Gasteiger partial charge is 0.508 e. The Kier molecular flexibility index (Phi) is 6.55. The molecule has 4 atom stereocenters. The smallest absolute Gasteiger partial charge is 0.242 e. The summed E-state index contributed by atoms with van der Waals surface area (Å²) >= 11 is 0. The first kappa shape index (κ1) is 22.4. The average Bonchev–Trinajstić information content (AvgIpc) is 3.31. The molecule has 4 rings (SSSR count). The SMILES string of the molecule is CCOc1cc(C2C3C(NNC3c3cc(C)ccc3O)C(=O)N2CCCOC)ccc1O. The number of phenolic OH excluding ortho intramolecular Hbond substituents is 2. The van der Waals surface area contributed by atoms with Gasteiger partial charge in [0.2, 0.25) is 5.91 Å². The van der Waals surface area contributed by atoms with Crippen LogP contribution in [0.3, 0.4) is 0 Å². The maximum absolute atomic E-state index is 13.4. The van der Waals surface area contributed by atoms with Crippen molar-refractivity contribution >= 4 is 5.91 Å². The van der Waals surface area contributed by atoms with Gasteiger partial charge in [0.25, 0.3) is 0 Å². The van der Waals surface area contributed by atoms with Gasteiger partial charge in [-0.15, -0.1) is 0 Å². The molecule has 1 amide bonds. The minimum atomic E-state index is -0.434. The van der Waals surface area contributed by atoms with E-state index in [0.717, 1.165) is 16.7 Å². The zero-order valence-electron chi connectivity index (χ0n) is 18.7. The molecule has 2 aliphatic rings. The second-order valence-electron chi connectivity index (χ2n) is 8.37. The summed E-state index contributed by atoms with van der Waals surface area (Å²) in [7, 11) is 1.65. The number of methoxy groups -OCH3 is 1. The van der Waals surface area contributed by atoms with Gasteiger partial charge in [0.1, 0.15) is 11.8 Å². The van der Waals surface area contributed by atoms with Gasteiger partial charge in [0.05, 0.1) is 18.7 Å². The van der Waals surface area contributed by atoms with Crippen LogP contribution in [0.4, 0.5) is 0 Å². The van der Waals surface area contributed by atoms with E-state index in [1.165, 1.54) is 0 Å². The van der Waals surface area contributed by atoms with E-state index in [0.29, 0.717) is 31.9 Å². The number of hydrazine groups is 1. The molecule has 0 spiro atoms. The van der Waals surface area contributed by atoms with Crippen LogP contribution in [0.15, 0.2) is 36.4 Å². The summed E-state index contributed by atoms with van der Waals surface area (Å²) in [6, 6.07) is 9.80. The van der Waals surface area contributed by atoms with Crippen LogP contribution in [0, 0.1) is 12.8 Å². The van der Waals surface area contributed by atoms with Gasteiger partial charge in [0.15, 0.2) is 11.5 Å². The fraction of sp³-hybridized carbons (Fsp3) is 0.458. The zero-order chi connectivity index (χ0) is 22.8. The lowest BCUT2D eigenvalue weighted by molar-refractivity contribution is -0.131. The van der Waals surface area contributed by atoms with Crippen molar-refractivity contribution in [3.8, 4) is 17.2 Å². The molecule has 0 saturated carbocycles. The molecule has 8 nitrogen and oxygen atoms in total. The summed E-state index contributed by atoms with van der Waals surface area (Å²) in [5.74, 6) is 0.492. The number of rotatable bonds is 8. The standard InChI is InChI=1S/C24H31N3O5/c1-4-32-19-13-15(7-9-18(19)29)23-20-21(16-12-14(2)6-8-17(16)28)25-26-22(20)24(30)27(23)10-5-11-31-3/h6-9,12-13,20-23,25-26,28-29H,4-5,10-11H2,1-3H3. The molecule has 0 aliphatic carbocycles. The predicted octanol–water partition coefficient (Wildman–Crippen LogP) is 2.56. The molecule has 0 aromatic heterocycles. The van der Waals surface area contributed by atoms with Crippen molar-refractivity contribution in [3.63, 3.8) is 0 Å². The van der Waals surface area contributed by atoms with Crippen LogP contribution in [0.1, 0.15) is 42.1 Å². The Morgan fingerprint density at radius 2 is 1.81 bits per heavy atom. The number of fused-ring (bicyclic) bond motifs is 1. The van der Waals surface area contributed by atoms with E-state index >= 15 is 0 Å². The predicted molar refractivity (Wildman–Crippen MR) is 119 cm³/mol. The summed E-state index contributed by atoms with van der Waals surface area (Å²) in [6.07, 6.45) is 0.711. The van der Waals surface area contributed by atoms with E-state index in [2.05, 4.69) is 10.9 Å². The first-order chi connectivity index (χ1) is 15.5. The Morgan fingerprint density at radius 3 is 2.56 bits per heavy atom. The molecule has 4 N–H and O–H groups in total. The van der Waals surface area contributed by atoms with Crippen LogP contribution in [0.5, 0.6) is 17.2 Å². The van der Waals surface area contributed by atoms with Crippen molar-refractivity contribution in [1.82, 2.24) is 15.8 Å². The van der Waals surface area contributed by atoms with Crippen molar-refractivity contribution in [1.29, 1.82) is 0 Å². The third-order valence-corrected chi connectivity index (χ3v) is 6.30. The number of nitrogens with one attached hydrogen (secondary N) is 2. The van der Waals surface area contributed by atoms with Crippen molar-refractivity contribution in [2.75, 3.05) is 26.9 Å². The van der Waals surface area contributed by atoms with Crippen LogP contribution in [-0.2, 0) is 9.53 Å². The van der Waals surface area contributed by atoms with Gasteiger partial charge in [-0.25, -0.2) is 10.9 Å². The fourth-order valence-electron chi connectivity index (χ4n) is 4.90. The molecule has 2 saturated heterocycles. The average molecular weight is 442 g/mol. The molecular formula is C24H31N3O5. The quantitative estimate of drug-likeness (QED) is 0.467. The Morgan fingerprint density at radius 1 is 1.06 bits per heavy atom. The summed E-state index contributed by atoms with van der Waals surface area (Å²) in [6.45, 7) is 5.36. The van der Waals surface area contributed by atoms with Gasteiger partial charge in [-0.1, -0.05) is 23.8 Å². The highest BCUT2D eigenvalue weighted by Gasteiger charge is 2.55. The molecule has 4 unspecified atom stereocenters. The van der Waals surface area contributed by atoms with Crippen molar-refractivity contribution in [3.05, 3.63) is 53.1 Å². The van der Waals surface area contributed by atoms with Crippen molar-refractivity contribution < 1.29 is 24.5 Å². The zero-order valence-corrected chi connectivity index (χ0v) is 18.7. The van der Waals surface area contributed by atoms with Crippen LogP contribution in [-0.4, -0.2) is 53.9 Å². The van der Waals surface area contributed by atoms with Crippen LogP contribution in [0.2, 0.25) is 0 Å². The van der Waals surface area contributed by atoms with Gasteiger partial charge in [-0.2, -0.15) is 0 Å². The molecule has 2 aromatic carbocycles. The number of likely N-dealkylation sites (tertiary alicyclic amines) is 1. The molecule has 32 heavy (non-hydrogen) atoms. The van der Waals surface area contributed by atoms with E-state index < -0.39 is 6.04 Å². The minimum absolute atomic E-state index is 0.00396. The van der Waals surface area contributed by atoms with Crippen LogP contribution in [0.25, 0.3) is 0 Å². The second kappa shape index (κ2) is 9.36. The topological polar surface area (TPSA) is 103 Å². The normalized spacial score (nSPS) is 24.7. The molecule has 2 aliphatic heterocycles. The number of ether oxygens (including phenoxy) is 2. The number of phenols is 2. The number of carbonyl (C=O) groups is 1. The summed E-state index contributed by atoms with van der Waals surface area (Å²) in [5.41, 5.74) is 9.09. The summed E-state index contributed by atoms with van der Waals surface area (Å²) in [5, 5.41) is 20.8. The van der Waals surface area contributed by atoms with Gasteiger partial charge in [-0.3, -0.25) is 4.79 Å². The molecular weight excluding hydrogens is 410 g/mol. The number of carbonyl (C=O) groups excluding carboxylic acids is 1. The Labute approximate surface area is 188 Å². The van der Waals surface area contributed by atoms with E-state index in [4.69, 9.17) is 9.47 Å². The van der Waals surface area contributed by atoms with Gasteiger partial charge >= 0.3 is 0 Å². The number of aromatic hydroxyl groups is 2. The summed E-state index contributed by atoms with van der Waals surface area (Å²) in [4.78, 5) is 15.3. The lowest BCUT2D eigenvalue weighted by Crippen LogP contribution is -2.41. The fourth-order valence-corrected chi connectivity index (χ4v) is 4.90. The maximum Gasteiger partial charge on any atom is 0.242 e. The van der Waals surface area contributed by atoms with Crippen molar-refractivity contribution in [2.24, 2.45) is 5.92 Å². The van der Waals surface area contributed by atoms with Gasteiger partial charge < -0.3 is 24.6 Å². The van der Waals surface area contributed by atoms with Crippen LogP contribution < -0.4 is 15.6 Å². The number of hydrogen-bond acceptors (Lipinski definition) is 7. The van der Waals surface area contributed by atoms with E-state index in [9.17, 15) is 15.0 Å².